The number of amides is 1. The Labute approximate surface area is 138 Å². The van der Waals surface area contributed by atoms with E-state index in [1.807, 2.05) is 6.92 Å². The molecule has 0 unspecified atom stereocenters. The number of hydrogen-bond acceptors (Lipinski definition) is 5. The summed E-state index contributed by atoms with van der Waals surface area (Å²) in [5.41, 5.74) is -1.08. The highest BCUT2D eigenvalue weighted by atomic mass is 16.6. The van der Waals surface area contributed by atoms with Crippen molar-refractivity contribution in [1.82, 2.24) is 5.32 Å². The van der Waals surface area contributed by atoms with Crippen LogP contribution in [-0.4, -0.2) is 21.8 Å². The van der Waals surface area contributed by atoms with Crippen molar-refractivity contribution in [2.24, 2.45) is 17.8 Å². The number of nitro groups is 2. The molecule has 2 fully saturated rings. The quantitative estimate of drug-likeness (QED) is 0.656. The van der Waals surface area contributed by atoms with Crippen LogP contribution in [0.15, 0.2) is 18.2 Å². The number of hydrogen-bond donors (Lipinski definition) is 1. The summed E-state index contributed by atoms with van der Waals surface area (Å²) in [5.74, 6) is 1.22. The van der Waals surface area contributed by atoms with Gasteiger partial charge < -0.3 is 5.32 Å². The van der Waals surface area contributed by atoms with Crippen LogP contribution in [0.25, 0.3) is 0 Å². The Kier molecular flexibility index (Phi) is 4.21. The Morgan fingerprint density at radius 2 is 1.96 bits per heavy atom. The Bertz CT molecular complexity index is 705. The van der Waals surface area contributed by atoms with Gasteiger partial charge in [-0.2, -0.15) is 0 Å². The minimum atomic E-state index is -0.760. The number of nitrogens with zero attached hydrogens (tertiary/aromatic N) is 2. The summed E-state index contributed by atoms with van der Waals surface area (Å²) in [6, 6.07) is 3.03. The van der Waals surface area contributed by atoms with Gasteiger partial charge in [0.25, 0.3) is 17.3 Å². The van der Waals surface area contributed by atoms with Crippen molar-refractivity contribution in [2.45, 2.75) is 38.6 Å². The number of carbonyl (C=O) groups excluding carboxylic acids is 1. The molecular weight excluding hydrogens is 314 g/mol. The minimum absolute atomic E-state index is 0.0670. The first-order valence-corrected chi connectivity index (χ1v) is 8.10. The number of nitrogens with one attached hydrogen (secondary N) is 1. The molecule has 4 atom stereocenters. The fraction of sp³-hybridized carbons (Fsp3) is 0.562. The molecule has 2 bridgehead atoms. The summed E-state index contributed by atoms with van der Waals surface area (Å²) in [6.45, 7) is 1.93. The predicted molar refractivity (Wildman–Crippen MR) is 85.6 cm³/mol. The largest absolute Gasteiger partial charge is 0.349 e. The van der Waals surface area contributed by atoms with Crippen molar-refractivity contribution in [1.29, 1.82) is 0 Å². The summed E-state index contributed by atoms with van der Waals surface area (Å²) in [5, 5.41) is 24.8. The monoisotopic (exact) mass is 333 g/mol. The van der Waals surface area contributed by atoms with E-state index in [9.17, 15) is 25.0 Å². The molecule has 8 heteroatoms. The minimum Gasteiger partial charge on any atom is -0.349 e. The standard InChI is InChI=1S/C16H19N3O5/c1-9(14-7-10-2-3-11(14)6-10)17-16(20)13-5-4-12(18(21)22)8-15(13)19(23)24/h4-5,8-11,14H,2-3,6-7H2,1H3,(H,17,20)/t9-,10-,11-,14-/m1/s1. The predicted octanol–water partition coefficient (Wildman–Crippen LogP) is 3.06. The average molecular weight is 333 g/mol. The molecule has 2 aliphatic carbocycles. The van der Waals surface area contributed by atoms with Crippen molar-refractivity contribution in [3.8, 4) is 0 Å². The SMILES string of the molecule is C[C@@H](NC(=O)c1ccc([N+](=O)[O-])cc1[N+](=O)[O-])[C@H]1C[C@@H]2CC[C@@H]1C2. The van der Waals surface area contributed by atoms with Crippen LogP contribution in [0, 0.1) is 38.0 Å². The second-order valence-electron chi connectivity index (χ2n) is 6.82. The van der Waals surface area contributed by atoms with Gasteiger partial charge >= 0.3 is 0 Å². The van der Waals surface area contributed by atoms with Gasteiger partial charge in [-0.1, -0.05) is 6.42 Å². The first-order chi connectivity index (χ1) is 11.4. The first kappa shape index (κ1) is 16.4. The van der Waals surface area contributed by atoms with E-state index in [1.54, 1.807) is 0 Å². The zero-order valence-corrected chi connectivity index (χ0v) is 13.3. The summed E-state index contributed by atoms with van der Waals surface area (Å²) in [4.78, 5) is 32.9. The van der Waals surface area contributed by atoms with E-state index in [-0.39, 0.29) is 11.6 Å². The van der Waals surface area contributed by atoms with E-state index < -0.39 is 27.1 Å². The number of benzene rings is 1. The van der Waals surface area contributed by atoms with Crippen LogP contribution >= 0.6 is 0 Å². The first-order valence-electron chi connectivity index (χ1n) is 8.10. The number of rotatable bonds is 5. The fourth-order valence-corrected chi connectivity index (χ4v) is 4.27. The molecule has 8 nitrogen and oxygen atoms in total. The van der Waals surface area contributed by atoms with E-state index in [0.717, 1.165) is 30.5 Å². The third kappa shape index (κ3) is 2.95. The highest BCUT2D eigenvalue weighted by Crippen LogP contribution is 2.49. The molecule has 0 heterocycles. The topological polar surface area (TPSA) is 115 Å². The fourth-order valence-electron chi connectivity index (χ4n) is 4.27. The summed E-state index contributed by atoms with van der Waals surface area (Å²) in [7, 11) is 0. The summed E-state index contributed by atoms with van der Waals surface area (Å²) < 4.78 is 0. The smallest absolute Gasteiger partial charge is 0.289 e. The van der Waals surface area contributed by atoms with Gasteiger partial charge in [0.15, 0.2) is 0 Å². The third-order valence-corrected chi connectivity index (χ3v) is 5.43. The molecule has 1 aromatic carbocycles. The zero-order chi connectivity index (χ0) is 17.4. The molecule has 0 aromatic heterocycles. The Balaban J connectivity index is 1.77. The number of fused-ring (bicyclic) bond motifs is 2. The van der Waals surface area contributed by atoms with E-state index in [1.165, 1.54) is 19.3 Å². The lowest BCUT2D eigenvalue weighted by molar-refractivity contribution is -0.394. The molecule has 0 aliphatic heterocycles. The van der Waals surface area contributed by atoms with Gasteiger partial charge in [0, 0.05) is 12.1 Å². The highest BCUT2D eigenvalue weighted by Gasteiger charge is 2.42. The molecule has 24 heavy (non-hydrogen) atoms. The maximum atomic E-state index is 12.4. The molecule has 0 saturated heterocycles. The maximum Gasteiger partial charge on any atom is 0.289 e. The van der Waals surface area contributed by atoms with Crippen LogP contribution in [-0.2, 0) is 0 Å². The van der Waals surface area contributed by atoms with Crippen LogP contribution in [0.3, 0.4) is 0 Å². The lowest BCUT2D eigenvalue weighted by atomic mass is 9.84. The van der Waals surface area contributed by atoms with Crippen molar-refractivity contribution in [2.75, 3.05) is 0 Å². The Morgan fingerprint density at radius 3 is 2.50 bits per heavy atom. The Morgan fingerprint density at radius 1 is 1.21 bits per heavy atom. The molecule has 0 spiro atoms. The third-order valence-electron chi connectivity index (χ3n) is 5.43. The lowest BCUT2D eigenvalue weighted by Crippen LogP contribution is -2.40. The van der Waals surface area contributed by atoms with Gasteiger partial charge in [-0.3, -0.25) is 25.0 Å². The van der Waals surface area contributed by atoms with Crippen LogP contribution < -0.4 is 5.32 Å². The molecule has 2 saturated carbocycles. The summed E-state index contributed by atoms with van der Waals surface area (Å²) >= 11 is 0. The highest BCUT2D eigenvalue weighted by molar-refractivity contribution is 5.98. The van der Waals surface area contributed by atoms with Crippen LogP contribution in [0.4, 0.5) is 11.4 Å². The molecule has 1 N–H and O–H groups in total. The van der Waals surface area contributed by atoms with Gasteiger partial charge in [-0.05, 0) is 50.0 Å². The molecule has 1 aromatic rings. The van der Waals surface area contributed by atoms with Crippen LogP contribution in [0.5, 0.6) is 0 Å². The van der Waals surface area contributed by atoms with Gasteiger partial charge in [-0.15, -0.1) is 0 Å². The van der Waals surface area contributed by atoms with Gasteiger partial charge in [-0.25, -0.2) is 0 Å². The van der Waals surface area contributed by atoms with E-state index in [0.29, 0.717) is 11.8 Å². The van der Waals surface area contributed by atoms with E-state index in [2.05, 4.69) is 5.32 Å². The molecular formula is C16H19N3O5. The molecule has 2 aliphatic rings. The van der Waals surface area contributed by atoms with Crippen molar-refractivity contribution in [3.63, 3.8) is 0 Å². The van der Waals surface area contributed by atoms with E-state index in [4.69, 9.17) is 0 Å². The number of carbonyl (C=O) groups is 1. The van der Waals surface area contributed by atoms with Crippen molar-refractivity contribution >= 4 is 17.3 Å². The second kappa shape index (κ2) is 6.18. The molecule has 128 valence electrons. The lowest BCUT2D eigenvalue weighted by Gasteiger charge is -2.28. The van der Waals surface area contributed by atoms with Gasteiger partial charge in [0.2, 0.25) is 0 Å². The summed E-state index contributed by atoms with van der Waals surface area (Å²) in [6.07, 6.45) is 4.75. The van der Waals surface area contributed by atoms with Gasteiger partial charge in [0.1, 0.15) is 5.56 Å². The Hall–Kier alpha value is -2.51. The number of non-ortho nitro benzene ring substituents is 1. The maximum absolute atomic E-state index is 12.4. The number of nitro benzene ring substituents is 2. The molecule has 1 amide bonds. The second-order valence-corrected chi connectivity index (χ2v) is 6.82. The van der Waals surface area contributed by atoms with Crippen molar-refractivity contribution < 1.29 is 14.6 Å². The normalized spacial score (nSPS) is 26.1. The molecule has 0 radical (unpaired) electrons. The van der Waals surface area contributed by atoms with Crippen LogP contribution in [0.1, 0.15) is 43.0 Å². The van der Waals surface area contributed by atoms with Gasteiger partial charge in [0.05, 0.1) is 15.9 Å². The van der Waals surface area contributed by atoms with E-state index >= 15 is 0 Å². The van der Waals surface area contributed by atoms with Crippen LogP contribution in [0.2, 0.25) is 0 Å². The van der Waals surface area contributed by atoms with Crippen molar-refractivity contribution in [3.05, 3.63) is 44.0 Å². The molecule has 3 rings (SSSR count). The zero-order valence-electron chi connectivity index (χ0n) is 13.3. The average Bonchev–Trinajstić information content (AvgIpc) is 3.17.